The van der Waals surface area contributed by atoms with E-state index in [4.69, 9.17) is 10.5 Å². The Morgan fingerprint density at radius 1 is 1.40 bits per heavy atom. The maximum atomic E-state index is 8.23. The topological polar surface area (TPSA) is 56.8 Å². The zero-order chi connectivity index (χ0) is 7.82. The molecule has 0 rings (SSSR count). The number of ether oxygens (including phenoxy) is 1. The van der Waals surface area contributed by atoms with Crippen molar-refractivity contribution in [2.45, 2.75) is 12.8 Å². The fourth-order valence-corrected chi connectivity index (χ4v) is 0.516. The molecule has 0 aromatic heterocycles. The predicted molar refractivity (Wildman–Crippen MR) is 35.6 cm³/mol. The van der Waals surface area contributed by atoms with Gasteiger partial charge >= 0.3 is 0 Å². The van der Waals surface area contributed by atoms with Crippen LogP contribution < -0.4 is 0 Å². The molecule has 52 valence electrons. The first kappa shape index (κ1) is 8.52. The zero-order valence-corrected chi connectivity index (χ0v) is 5.79. The number of hydrogen-bond donors (Lipinski definition) is 0. The van der Waals surface area contributed by atoms with Gasteiger partial charge in [0.25, 0.3) is 0 Å². The quantitative estimate of drug-likeness (QED) is 0.550. The number of hydrogen-bond acceptors (Lipinski definition) is 3. The lowest BCUT2D eigenvalue weighted by Gasteiger charge is -1.93. The lowest BCUT2D eigenvalue weighted by Crippen LogP contribution is -1.81. The molecule has 0 saturated carbocycles. The van der Waals surface area contributed by atoms with Gasteiger partial charge in [0.05, 0.1) is 38.4 Å². The third-order valence-electron chi connectivity index (χ3n) is 0.897. The molecule has 10 heavy (non-hydrogen) atoms. The molecule has 0 amide bonds. The minimum absolute atomic E-state index is 0.265. The van der Waals surface area contributed by atoms with Crippen molar-refractivity contribution in [3.63, 3.8) is 0 Å². The molecule has 0 saturated heterocycles. The van der Waals surface area contributed by atoms with Crippen LogP contribution in [0.4, 0.5) is 0 Å². The van der Waals surface area contributed by atoms with Crippen LogP contribution in [0, 0.1) is 22.7 Å². The van der Waals surface area contributed by atoms with Crippen LogP contribution in [0.15, 0.2) is 11.8 Å². The normalized spacial score (nSPS) is 7.10. The molecule has 0 aromatic carbocycles. The van der Waals surface area contributed by atoms with Gasteiger partial charge in [-0.2, -0.15) is 10.5 Å². The van der Waals surface area contributed by atoms with Crippen molar-refractivity contribution in [2.24, 2.45) is 0 Å². The summed E-state index contributed by atoms with van der Waals surface area (Å²) < 4.78 is 4.64. The van der Waals surface area contributed by atoms with Crippen LogP contribution in [0.2, 0.25) is 0 Å². The van der Waals surface area contributed by atoms with E-state index in [9.17, 15) is 0 Å². The Kier molecular flexibility index (Phi) is 4.82. The van der Waals surface area contributed by atoms with Crippen molar-refractivity contribution in [3.8, 4) is 12.1 Å². The summed E-state index contributed by atoms with van der Waals surface area (Å²) in [5, 5.41) is 16.5. The molecule has 0 aliphatic heterocycles. The fraction of sp³-hybridized carbons (Fsp3) is 0.429. The monoisotopic (exact) mass is 136 g/mol. The van der Waals surface area contributed by atoms with Gasteiger partial charge in [-0.15, -0.1) is 0 Å². The van der Waals surface area contributed by atoms with Crippen molar-refractivity contribution in [1.29, 1.82) is 10.5 Å². The Morgan fingerprint density at radius 2 is 1.90 bits per heavy atom. The summed E-state index contributed by atoms with van der Waals surface area (Å²) in [5.74, 6) is 0. The minimum Gasteiger partial charge on any atom is -0.504 e. The van der Waals surface area contributed by atoms with E-state index in [1.54, 1.807) is 0 Å². The van der Waals surface area contributed by atoms with E-state index in [0.29, 0.717) is 5.57 Å². The highest BCUT2D eigenvalue weighted by atomic mass is 16.5. The molecule has 0 aliphatic rings. The molecule has 3 heteroatoms. The van der Waals surface area contributed by atoms with Crippen molar-refractivity contribution in [1.82, 2.24) is 0 Å². The third kappa shape index (κ3) is 3.51. The smallest absolute Gasteiger partial charge is 0.0837 e. The van der Waals surface area contributed by atoms with E-state index in [1.165, 1.54) is 13.4 Å². The van der Waals surface area contributed by atoms with E-state index in [0.717, 1.165) is 0 Å². The molecule has 0 aliphatic carbocycles. The van der Waals surface area contributed by atoms with Gasteiger partial charge in [0.1, 0.15) is 0 Å². The first-order chi connectivity index (χ1) is 4.85. The number of nitriles is 2. The number of rotatable bonds is 3. The largest absolute Gasteiger partial charge is 0.504 e. The first-order valence-electron chi connectivity index (χ1n) is 2.79. The second kappa shape index (κ2) is 5.65. The van der Waals surface area contributed by atoms with Gasteiger partial charge in [-0.25, -0.2) is 0 Å². The van der Waals surface area contributed by atoms with Gasteiger partial charge in [-0.1, -0.05) is 0 Å². The molecule has 0 unspecified atom stereocenters. The second-order valence-corrected chi connectivity index (χ2v) is 1.68. The van der Waals surface area contributed by atoms with Gasteiger partial charge in [0.2, 0.25) is 0 Å². The van der Waals surface area contributed by atoms with Crippen LogP contribution in [-0.4, -0.2) is 7.11 Å². The highest BCUT2D eigenvalue weighted by Crippen LogP contribution is 2.03. The van der Waals surface area contributed by atoms with E-state index in [1.807, 2.05) is 12.1 Å². The van der Waals surface area contributed by atoms with Crippen LogP contribution in [-0.2, 0) is 4.74 Å². The lowest BCUT2D eigenvalue weighted by atomic mass is 10.2. The predicted octanol–water partition coefficient (Wildman–Crippen LogP) is 1.34. The Labute approximate surface area is 60.1 Å². The third-order valence-corrected chi connectivity index (χ3v) is 0.897. The first-order valence-corrected chi connectivity index (χ1v) is 2.79. The number of nitrogens with zero attached hydrogens (tertiary/aromatic N) is 2. The molecule has 0 heterocycles. The summed E-state index contributed by atoms with van der Waals surface area (Å²) >= 11 is 0. The highest BCUT2D eigenvalue weighted by molar-refractivity contribution is 5.09. The second-order valence-electron chi connectivity index (χ2n) is 1.68. The van der Waals surface area contributed by atoms with Crippen molar-refractivity contribution in [2.75, 3.05) is 7.11 Å². The van der Waals surface area contributed by atoms with Crippen molar-refractivity contribution < 1.29 is 4.74 Å². The van der Waals surface area contributed by atoms with Gasteiger partial charge in [-0.05, 0) is 5.57 Å². The van der Waals surface area contributed by atoms with E-state index < -0.39 is 0 Å². The van der Waals surface area contributed by atoms with Gasteiger partial charge < -0.3 is 4.74 Å². The van der Waals surface area contributed by atoms with Crippen LogP contribution in [0.1, 0.15) is 12.8 Å². The Bertz CT molecular complexity index is 177. The molecular formula is C7H8N2O. The average Bonchev–Trinajstić information content (AvgIpc) is 1.90. The maximum Gasteiger partial charge on any atom is 0.0837 e. The van der Waals surface area contributed by atoms with Crippen LogP contribution in [0.3, 0.4) is 0 Å². The number of allylic oxidation sites excluding steroid dienone is 1. The van der Waals surface area contributed by atoms with E-state index >= 15 is 0 Å². The van der Waals surface area contributed by atoms with Crippen molar-refractivity contribution >= 4 is 0 Å². The van der Waals surface area contributed by atoms with E-state index in [2.05, 4.69) is 4.74 Å². The molecular weight excluding hydrogens is 128 g/mol. The molecule has 0 N–H and O–H groups in total. The van der Waals surface area contributed by atoms with Crippen LogP contribution in [0.5, 0.6) is 0 Å². The molecule has 3 nitrogen and oxygen atoms in total. The molecule has 0 radical (unpaired) electrons. The Morgan fingerprint density at radius 3 is 2.20 bits per heavy atom. The summed E-state index contributed by atoms with van der Waals surface area (Å²) in [6.45, 7) is 0. The summed E-state index contributed by atoms with van der Waals surface area (Å²) in [6.07, 6.45) is 1.97. The van der Waals surface area contributed by atoms with Gasteiger partial charge in [-0.3, -0.25) is 0 Å². The molecule has 0 spiro atoms. The Balaban J connectivity index is 3.90. The summed E-state index contributed by atoms with van der Waals surface area (Å²) in [4.78, 5) is 0. The van der Waals surface area contributed by atoms with Crippen LogP contribution >= 0.6 is 0 Å². The summed E-state index contributed by atoms with van der Waals surface area (Å²) in [6, 6.07) is 3.88. The maximum absolute atomic E-state index is 8.23. The van der Waals surface area contributed by atoms with Gasteiger partial charge in [0.15, 0.2) is 0 Å². The fourth-order valence-electron chi connectivity index (χ4n) is 0.516. The standard InChI is InChI=1S/C7H8N2O/c1-10-6-7(2-4-8)3-5-9/h6H,2-3H2,1H3. The molecule has 0 aromatic rings. The summed E-state index contributed by atoms with van der Waals surface area (Å²) in [7, 11) is 1.49. The molecule has 0 fully saturated rings. The van der Waals surface area contributed by atoms with Crippen molar-refractivity contribution in [3.05, 3.63) is 11.8 Å². The average molecular weight is 136 g/mol. The molecule has 0 atom stereocenters. The Hall–Kier alpha value is -1.48. The number of methoxy groups -OCH3 is 1. The minimum atomic E-state index is 0.265. The summed E-state index contributed by atoms with van der Waals surface area (Å²) in [5.41, 5.74) is 0.715. The zero-order valence-electron chi connectivity index (χ0n) is 5.79. The van der Waals surface area contributed by atoms with Crippen LogP contribution in [0.25, 0.3) is 0 Å². The SMILES string of the molecule is COC=C(CC#N)CC#N. The van der Waals surface area contributed by atoms with Gasteiger partial charge in [0, 0.05) is 0 Å². The molecule has 0 bridgehead atoms. The highest BCUT2D eigenvalue weighted by Gasteiger charge is 1.93. The van der Waals surface area contributed by atoms with E-state index in [-0.39, 0.29) is 12.8 Å². The lowest BCUT2D eigenvalue weighted by molar-refractivity contribution is 0.333.